The molecular weight excluding hydrogens is 819 g/mol. The molecular formula is C61H37N5O. The Morgan fingerprint density at radius 2 is 0.821 bits per heavy atom. The topological polar surface area (TPSA) is 61.7 Å². The van der Waals surface area contributed by atoms with Crippen LogP contribution in [-0.2, 0) is 0 Å². The number of nitrogens with zero attached hydrogens (tertiary/aromatic N) is 5. The molecule has 0 fully saturated rings. The molecule has 4 aromatic heterocycles. The summed E-state index contributed by atoms with van der Waals surface area (Å²) in [4.78, 5) is 16.2. The fourth-order valence-corrected chi connectivity index (χ4v) is 10.2. The standard InChI is InChI=1S/C61H37N5O/c1-3-15-38(16-4-1)39-27-29-40(30-28-39)59-62-60(43-31-32-48-46-21-9-12-24-52(46)65(54(48)35-43)44-19-5-2-6-20-44)64-61(63-59)51-36-45(37-57-58(51)49-23-11-14-26-56(49)67-57)66-53-25-13-10-22-47(53)50-33-41-17-7-8-18-42(41)34-55(50)66/h1-37H. The molecule has 0 spiro atoms. The number of hydrogen-bond donors (Lipinski definition) is 0. The Labute approximate surface area is 384 Å². The quantitative estimate of drug-likeness (QED) is 0.167. The third-order valence-corrected chi connectivity index (χ3v) is 13.3. The van der Waals surface area contributed by atoms with Gasteiger partial charge in [-0.05, 0) is 76.5 Å². The maximum absolute atomic E-state index is 6.78. The van der Waals surface area contributed by atoms with Crippen molar-refractivity contribution in [2.45, 2.75) is 0 Å². The molecule has 0 atom stereocenters. The van der Waals surface area contributed by atoms with E-state index in [2.05, 4.69) is 215 Å². The zero-order valence-corrected chi connectivity index (χ0v) is 36.0. The molecule has 0 aliphatic carbocycles. The lowest BCUT2D eigenvalue weighted by molar-refractivity contribution is 0.668. The van der Waals surface area contributed by atoms with Crippen LogP contribution in [0.15, 0.2) is 229 Å². The van der Waals surface area contributed by atoms with Gasteiger partial charge in [0.1, 0.15) is 11.2 Å². The van der Waals surface area contributed by atoms with Gasteiger partial charge < -0.3 is 13.6 Å². The Balaban J connectivity index is 1.05. The number of fused-ring (bicyclic) bond motifs is 10. The van der Waals surface area contributed by atoms with Crippen LogP contribution in [0.25, 0.3) is 133 Å². The molecule has 10 aromatic carbocycles. The molecule has 14 aromatic rings. The Hall–Kier alpha value is -9.13. The molecule has 67 heavy (non-hydrogen) atoms. The van der Waals surface area contributed by atoms with Crippen molar-refractivity contribution in [1.82, 2.24) is 24.1 Å². The van der Waals surface area contributed by atoms with Gasteiger partial charge in [-0.1, -0.05) is 164 Å². The van der Waals surface area contributed by atoms with Crippen molar-refractivity contribution in [2.24, 2.45) is 0 Å². The van der Waals surface area contributed by atoms with Gasteiger partial charge in [-0.3, -0.25) is 0 Å². The van der Waals surface area contributed by atoms with Crippen molar-refractivity contribution in [3.05, 3.63) is 224 Å². The SMILES string of the molecule is c1ccc(-c2ccc(-c3nc(-c4ccc5c6ccccc6n(-c6ccccc6)c5c4)nc(-c4cc(-n5c6ccccc6c6cc7ccccc7cc65)cc5oc6ccccc6c45)n3)cc2)cc1. The third kappa shape index (κ3) is 5.93. The average molecular weight is 856 g/mol. The Morgan fingerprint density at radius 1 is 0.299 bits per heavy atom. The lowest BCUT2D eigenvalue weighted by Crippen LogP contribution is -2.02. The minimum Gasteiger partial charge on any atom is -0.456 e. The zero-order chi connectivity index (χ0) is 44.0. The highest BCUT2D eigenvalue weighted by molar-refractivity contribution is 6.16. The van der Waals surface area contributed by atoms with E-state index in [-0.39, 0.29) is 0 Å². The van der Waals surface area contributed by atoms with Crippen LogP contribution in [0.1, 0.15) is 0 Å². The molecule has 0 amide bonds. The van der Waals surface area contributed by atoms with Crippen LogP contribution < -0.4 is 0 Å². The summed E-state index contributed by atoms with van der Waals surface area (Å²) >= 11 is 0. The second-order valence-electron chi connectivity index (χ2n) is 17.2. The molecule has 0 aliphatic heterocycles. The number of furan rings is 1. The number of aromatic nitrogens is 5. The minimum absolute atomic E-state index is 0.556. The summed E-state index contributed by atoms with van der Waals surface area (Å²) < 4.78 is 11.5. The van der Waals surface area contributed by atoms with E-state index >= 15 is 0 Å². The van der Waals surface area contributed by atoms with E-state index in [9.17, 15) is 0 Å². The van der Waals surface area contributed by atoms with E-state index in [1.165, 1.54) is 26.9 Å². The highest BCUT2D eigenvalue weighted by Gasteiger charge is 2.23. The van der Waals surface area contributed by atoms with E-state index in [4.69, 9.17) is 19.4 Å². The number of benzene rings is 10. The summed E-state index contributed by atoms with van der Waals surface area (Å²) in [5.41, 5.74) is 12.9. The van der Waals surface area contributed by atoms with E-state index in [0.717, 1.165) is 88.6 Å². The summed E-state index contributed by atoms with van der Waals surface area (Å²) in [6, 6.07) is 79.1. The largest absolute Gasteiger partial charge is 0.456 e. The molecule has 0 aliphatic rings. The Bertz CT molecular complexity index is 4260. The highest BCUT2D eigenvalue weighted by atomic mass is 16.3. The summed E-state index contributed by atoms with van der Waals surface area (Å²) in [5.74, 6) is 1.71. The van der Waals surface area contributed by atoms with E-state index < -0.39 is 0 Å². The first-order valence-electron chi connectivity index (χ1n) is 22.6. The smallest absolute Gasteiger partial charge is 0.164 e. The fraction of sp³-hybridized carbons (Fsp3) is 0. The van der Waals surface area contributed by atoms with Crippen molar-refractivity contribution < 1.29 is 4.42 Å². The van der Waals surface area contributed by atoms with Gasteiger partial charge in [0, 0.05) is 60.8 Å². The normalized spacial score (nSPS) is 11.9. The molecule has 6 nitrogen and oxygen atoms in total. The Kier molecular flexibility index (Phi) is 8.18. The monoisotopic (exact) mass is 855 g/mol. The van der Waals surface area contributed by atoms with Crippen LogP contribution in [0.2, 0.25) is 0 Å². The van der Waals surface area contributed by atoms with Crippen LogP contribution >= 0.6 is 0 Å². The van der Waals surface area contributed by atoms with Gasteiger partial charge >= 0.3 is 0 Å². The van der Waals surface area contributed by atoms with Gasteiger partial charge in [0.15, 0.2) is 17.5 Å². The first-order valence-corrected chi connectivity index (χ1v) is 22.6. The van der Waals surface area contributed by atoms with E-state index in [0.29, 0.717) is 17.5 Å². The van der Waals surface area contributed by atoms with Crippen molar-refractivity contribution >= 4 is 76.3 Å². The number of para-hydroxylation sites is 4. The van der Waals surface area contributed by atoms with Crippen LogP contribution in [0, 0.1) is 0 Å². The first-order chi connectivity index (χ1) is 33.2. The molecule has 0 bridgehead atoms. The molecule has 0 saturated carbocycles. The first kappa shape index (κ1) is 37.3. The average Bonchev–Trinajstić information content (AvgIpc) is 4.05. The fourth-order valence-electron chi connectivity index (χ4n) is 10.2. The summed E-state index contributed by atoms with van der Waals surface area (Å²) in [7, 11) is 0. The van der Waals surface area contributed by atoms with Crippen LogP contribution in [-0.4, -0.2) is 24.1 Å². The van der Waals surface area contributed by atoms with Crippen molar-refractivity contribution in [3.8, 4) is 56.7 Å². The van der Waals surface area contributed by atoms with Gasteiger partial charge in [0.2, 0.25) is 0 Å². The molecule has 312 valence electrons. The summed E-state index contributed by atoms with van der Waals surface area (Å²) in [6.45, 7) is 0. The van der Waals surface area contributed by atoms with Gasteiger partial charge in [0.25, 0.3) is 0 Å². The predicted molar refractivity (Wildman–Crippen MR) is 275 cm³/mol. The molecule has 0 radical (unpaired) electrons. The molecule has 0 unspecified atom stereocenters. The van der Waals surface area contributed by atoms with Crippen LogP contribution in [0.5, 0.6) is 0 Å². The molecule has 0 N–H and O–H groups in total. The maximum Gasteiger partial charge on any atom is 0.164 e. The van der Waals surface area contributed by atoms with Gasteiger partial charge in [-0.15, -0.1) is 0 Å². The van der Waals surface area contributed by atoms with Crippen molar-refractivity contribution in [3.63, 3.8) is 0 Å². The summed E-state index contributed by atoms with van der Waals surface area (Å²) in [5, 5.41) is 9.05. The van der Waals surface area contributed by atoms with Crippen molar-refractivity contribution in [1.29, 1.82) is 0 Å². The van der Waals surface area contributed by atoms with Gasteiger partial charge in [-0.2, -0.15) is 0 Å². The van der Waals surface area contributed by atoms with Crippen molar-refractivity contribution in [2.75, 3.05) is 0 Å². The highest BCUT2D eigenvalue weighted by Crippen LogP contribution is 2.42. The maximum atomic E-state index is 6.78. The van der Waals surface area contributed by atoms with Crippen LogP contribution in [0.3, 0.4) is 0 Å². The van der Waals surface area contributed by atoms with Gasteiger partial charge in [0.05, 0.1) is 27.8 Å². The molecule has 0 saturated heterocycles. The Morgan fingerprint density at radius 3 is 1.58 bits per heavy atom. The van der Waals surface area contributed by atoms with Crippen LogP contribution in [0.4, 0.5) is 0 Å². The molecule has 6 heteroatoms. The second-order valence-corrected chi connectivity index (χ2v) is 17.2. The number of rotatable bonds is 6. The third-order valence-electron chi connectivity index (χ3n) is 13.3. The lowest BCUT2D eigenvalue weighted by Gasteiger charge is -2.13. The van der Waals surface area contributed by atoms with E-state index in [1.54, 1.807) is 0 Å². The number of hydrogen-bond acceptors (Lipinski definition) is 4. The minimum atomic E-state index is 0.556. The molecule has 4 heterocycles. The molecule has 14 rings (SSSR count). The van der Waals surface area contributed by atoms with Gasteiger partial charge in [-0.25, -0.2) is 15.0 Å². The lowest BCUT2D eigenvalue weighted by atomic mass is 10.0. The predicted octanol–water partition coefficient (Wildman–Crippen LogP) is 15.8. The zero-order valence-electron chi connectivity index (χ0n) is 36.0. The van der Waals surface area contributed by atoms with E-state index in [1.807, 2.05) is 18.2 Å². The summed E-state index contributed by atoms with van der Waals surface area (Å²) in [6.07, 6.45) is 0. The second kappa shape index (κ2) is 14.7.